The number of rotatable bonds is 3. The Morgan fingerprint density at radius 1 is 1.38 bits per heavy atom. The summed E-state index contributed by atoms with van der Waals surface area (Å²) in [5, 5.41) is 0. The fourth-order valence-electron chi connectivity index (χ4n) is 1.22. The van der Waals surface area contributed by atoms with Crippen LogP contribution in [0.2, 0.25) is 0 Å². The molecule has 1 aromatic carbocycles. The number of para-hydroxylation sites is 1. The van der Waals surface area contributed by atoms with E-state index in [9.17, 15) is 0 Å². The molecular formula is C11H14N2. The average Bonchev–Trinajstić information content (AvgIpc) is 2.15. The highest BCUT2D eigenvalue weighted by Gasteiger charge is 2.00. The molecule has 0 saturated heterocycles. The number of anilines is 1. The molecule has 0 aromatic heterocycles. The van der Waals surface area contributed by atoms with E-state index < -0.39 is 0 Å². The highest BCUT2D eigenvalue weighted by atomic mass is 15.1. The van der Waals surface area contributed by atoms with Gasteiger partial charge in [0.25, 0.3) is 0 Å². The second-order valence-electron chi connectivity index (χ2n) is 3.00. The van der Waals surface area contributed by atoms with E-state index in [1.807, 2.05) is 26.2 Å². The van der Waals surface area contributed by atoms with E-state index in [0.29, 0.717) is 6.54 Å². The van der Waals surface area contributed by atoms with Crippen molar-refractivity contribution in [3.63, 3.8) is 0 Å². The molecule has 0 aliphatic heterocycles. The van der Waals surface area contributed by atoms with Crippen LogP contribution < -0.4 is 4.90 Å². The largest absolute Gasteiger partial charge is 0.377 e. The van der Waals surface area contributed by atoms with E-state index in [1.54, 1.807) is 0 Å². The van der Waals surface area contributed by atoms with Crippen molar-refractivity contribution < 1.29 is 0 Å². The van der Waals surface area contributed by atoms with Gasteiger partial charge in [-0.05, 0) is 24.1 Å². The lowest BCUT2D eigenvalue weighted by molar-refractivity contribution is 1.03. The molecule has 0 aliphatic rings. The van der Waals surface area contributed by atoms with Gasteiger partial charge in [-0.15, -0.1) is 0 Å². The zero-order valence-corrected chi connectivity index (χ0v) is 8.12. The molecule has 2 nitrogen and oxygen atoms in total. The zero-order valence-electron chi connectivity index (χ0n) is 8.12. The lowest BCUT2D eigenvalue weighted by atomic mass is 10.1. The molecule has 0 radical (unpaired) electrons. The Kier molecular flexibility index (Phi) is 3.30. The van der Waals surface area contributed by atoms with E-state index in [0.717, 1.165) is 0 Å². The molecule has 1 aromatic rings. The van der Waals surface area contributed by atoms with Crippen LogP contribution in [-0.2, 0) is 6.54 Å². The topological polar surface area (TPSA) is 15.6 Å². The lowest BCUT2D eigenvalue weighted by Gasteiger charge is -2.15. The molecule has 0 atom stereocenters. The predicted octanol–water partition coefficient (Wildman–Crippen LogP) is 2.11. The first-order valence-electron chi connectivity index (χ1n) is 4.19. The molecule has 0 heterocycles. The maximum Gasteiger partial charge on any atom is 0.0754 e. The van der Waals surface area contributed by atoms with Crippen LogP contribution in [0.4, 0.5) is 5.69 Å². The summed E-state index contributed by atoms with van der Waals surface area (Å²) in [5.41, 5.74) is 2.39. The molecule has 13 heavy (non-hydrogen) atoms. The number of nitrogens with zero attached hydrogens (tertiary/aromatic N) is 2. The first kappa shape index (κ1) is 9.56. The summed E-state index contributed by atoms with van der Waals surface area (Å²) in [6.45, 7) is 4.10. The van der Waals surface area contributed by atoms with Gasteiger partial charge in [0.2, 0.25) is 0 Å². The maximum atomic E-state index is 4.00. The van der Waals surface area contributed by atoms with Crippen molar-refractivity contribution in [2.45, 2.75) is 6.54 Å². The molecule has 0 amide bonds. The quantitative estimate of drug-likeness (QED) is 0.641. The molecular weight excluding hydrogens is 160 g/mol. The van der Waals surface area contributed by atoms with Crippen LogP contribution in [0.25, 0.3) is 0 Å². The Labute approximate surface area is 79.2 Å². The van der Waals surface area contributed by atoms with Crippen molar-refractivity contribution in [3.05, 3.63) is 36.4 Å². The van der Waals surface area contributed by atoms with Gasteiger partial charge in [0.1, 0.15) is 0 Å². The van der Waals surface area contributed by atoms with Crippen molar-refractivity contribution in [3.8, 4) is 0 Å². The van der Waals surface area contributed by atoms with E-state index in [-0.39, 0.29) is 0 Å². The van der Waals surface area contributed by atoms with Crippen molar-refractivity contribution in [2.24, 2.45) is 4.99 Å². The summed E-state index contributed by atoms with van der Waals surface area (Å²) in [7, 11) is 4.05. The van der Waals surface area contributed by atoms with Gasteiger partial charge in [0, 0.05) is 19.8 Å². The summed E-state index contributed by atoms with van der Waals surface area (Å²) in [4.78, 5) is 6.07. The van der Waals surface area contributed by atoms with Crippen LogP contribution in [0.3, 0.4) is 0 Å². The molecule has 0 bridgehead atoms. The Hall–Kier alpha value is -1.53. The first-order chi connectivity index (χ1) is 6.25. The molecule has 0 aliphatic carbocycles. The first-order valence-corrected chi connectivity index (χ1v) is 4.19. The van der Waals surface area contributed by atoms with Gasteiger partial charge >= 0.3 is 0 Å². The predicted molar refractivity (Wildman–Crippen MR) is 57.5 cm³/mol. The second kappa shape index (κ2) is 4.48. The van der Waals surface area contributed by atoms with E-state index in [1.165, 1.54) is 11.3 Å². The van der Waals surface area contributed by atoms with Crippen LogP contribution >= 0.6 is 0 Å². The monoisotopic (exact) mass is 174 g/mol. The fraction of sp³-hybridized carbons (Fsp3) is 0.273. The minimum absolute atomic E-state index is 0.651. The molecule has 0 saturated carbocycles. The van der Waals surface area contributed by atoms with E-state index in [2.05, 4.69) is 34.5 Å². The molecule has 0 fully saturated rings. The third-order valence-electron chi connectivity index (χ3n) is 1.83. The van der Waals surface area contributed by atoms with Gasteiger partial charge in [-0.1, -0.05) is 18.2 Å². The van der Waals surface area contributed by atoms with Crippen LogP contribution in [0.5, 0.6) is 0 Å². The number of aliphatic imine (C=N–C) groups is 1. The Balaban J connectivity index is 2.97. The van der Waals surface area contributed by atoms with Crippen molar-refractivity contribution >= 4 is 11.6 Å². The SMILES string of the molecule is C=C=NCc1ccccc1N(C)C. The zero-order chi connectivity index (χ0) is 9.68. The summed E-state index contributed by atoms with van der Waals surface area (Å²) in [6.07, 6.45) is 0. The third-order valence-corrected chi connectivity index (χ3v) is 1.83. The van der Waals surface area contributed by atoms with Gasteiger partial charge in [-0.2, -0.15) is 0 Å². The normalized spacial score (nSPS) is 9.08. The van der Waals surface area contributed by atoms with Crippen LogP contribution in [0, 0.1) is 0 Å². The Morgan fingerprint density at radius 2 is 2.08 bits per heavy atom. The average molecular weight is 174 g/mol. The summed E-state index contributed by atoms with van der Waals surface area (Å²) in [5.74, 6) is 2.54. The van der Waals surface area contributed by atoms with E-state index in [4.69, 9.17) is 0 Å². The molecule has 2 heteroatoms. The van der Waals surface area contributed by atoms with Crippen molar-refractivity contribution in [2.75, 3.05) is 19.0 Å². The standard InChI is InChI=1S/C11H14N2/c1-4-12-9-10-7-5-6-8-11(10)13(2)3/h5-8H,1,9H2,2-3H3. The second-order valence-corrected chi connectivity index (χ2v) is 3.00. The third kappa shape index (κ3) is 2.46. The van der Waals surface area contributed by atoms with Crippen LogP contribution in [0.15, 0.2) is 35.8 Å². The highest BCUT2D eigenvalue weighted by molar-refractivity contribution is 5.53. The van der Waals surface area contributed by atoms with Crippen LogP contribution in [-0.4, -0.2) is 20.0 Å². The Bertz CT molecular complexity index is 323. The molecule has 0 unspecified atom stereocenters. The summed E-state index contributed by atoms with van der Waals surface area (Å²) >= 11 is 0. The molecule has 0 spiro atoms. The number of benzene rings is 1. The summed E-state index contributed by atoms with van der Waals surface area (Å²) in [6, 6.07) is 8.18. The number of hydrogen-bond donors (Lipinski definition) is 0. The van der Waals surface area contributed by atoms with Gasteiger partial charge < -0.3 is 4.90 Å². The summed E-state index contributed by atoms with van der Waals surface area (Å²) < 4.78 is 0. The minimum Gasteiger partial charge on any atom is -0.377 e. The molecule has 0 N–H and O–H groups in total. The van der Waals surface area contributed by atoms with Crippen molar-refractivity contribution in [1.29, 1.82) is 0 Å². The smallest absolute Gasteiger partial charge is 0.0754 e. The van der Waals surface area contributed by atoms with Gasteiger partial charge in [-0.3, -0.25) is 0 Å². The van der Waals surface area contributed by atoms with Gasteiger partial charge in [0.15, 0.2) is 0 Å². The minimum atomic E-state index is 0.651. The fourth-order valence-corrected chi connectivity index (χ4v) is 1.22. The van der Waals surface area contributed by atoms with E-state index >= 15 is 0 Å². The Morgan fingerprint density at radius 3 is 2.69 bits per heavy atom. The molecule has 68 valence electrons. The number of hydrogen-bond acceptors (Lipinski definition) is 2. The van der Waals surface area contributed by atoms with Crippen molar-refractivity contribution in [1.82, 2.24) is 0 Å². The molecule has 1 rings (SSSR count). The van der Waals surface area contributed by atoms with Gasteiger partial charge in [-0.25, -0.2) is 4.99 Å². The highest BCUT2D eigenvalue weighted by Crippen LogP contribution is 2.18. The van der Waals surface area contributed by atoms with Crippen LogP contribution in [0.1, 0.15) is 5.56 Å². The lowest BCUT2D eigenvalue weighted by Crippen LogP contribution is -2.10. The maximum absolute atomic E-state index is 4.00. The van der Waals surface area contributed by atoms with Gasteiger partial charge in [0.05, 0.1) is 6.54 Å².